The Bertz CT molecular complexity index is 451. The van der Waals surface area contributed by atoms with Gasteiger partial charge in [0, 0.05) is 0 Å². The van der Waals surface area contributed by atoms with Crippen LogP contribution in [0.1, 0.15) is 74.5 Å². The Kier molecular flexibility index (Phi) is 5.00. The summed E-state index contributed by atoms with van der Waals surface area (Å²) in [5.74, 6) is 0. The summed E-state index contributed by atoms with van der Waals surface area (Å²) in [6.07, 6.45) is 16.3. The van der Waals surface area contributed by atoms with Gasteiger partial charge in [-0.05, 0) is 86.4 Å². The van der Waals surface area contributed by atoms with Crippen molar-refractivity contribution in [3.8, 4) is 0 Å². The van der Waals surface area contributed by atoms with Crippen LogP contribution in [0.4, 0.5) is 0 Å². The van der Waals surface area contributed by atoms with E-state index in [1.165, 1.54) is 77.0 Å². The Hall–Kier alpha value is -0.820. The second-order valence-electron chi connectivity index (χ2n) is 7.41. The fourth-order valence-electron chi connectivity index (χ4n) is 4.58. The van der Waals surface area contributed by atoms with E-state index in [2.05, 4.69) is 18.2 Å². The summed E-state index contributed by atoms with van der Waals surface area (Å²) in [5.41, 5.74) is 11.3. The normalized spacial score (nSPS) is 21.0. The van der Waals surface area contributed by atoms with Gasteiger partial charge in [-0.15, -0.1) is 0 Å². The van der Waals surface area contributed by atoms with Crippen molar-refractivity contribution in [3.63, 3.8) is 0 Å². The van der Waals surface area contributed by atoms with Crippen molar-refractivity contribution in [2.75, 3.05) is 6.54 Å². The summed E-state index contributed by atoms with van der Waals surface area (Å²) in [5, 5.41) is 0. The molecule has 2 N–H and O–H groups in total. The zero-order valence-electron chi connectivity index (χ0n) is 13.5. The summed E-state index contributed by atoms with van der Waals surface area (Å²) in [6.45, 7) is 0.865. The average Bonchev–Trinajstić information content (AvgIpc) is 2.54. The van der Waals surface area contributed by atoms with Gasteiger partial charge in [0.1, 0.15) is 0 Å². The Morgan fingerprint density at radius 3 is 2.38 bits per heavy atom. The molecule has 1 heteroatoms. The van der Waals surface area contributed by atoms with Gasteiger partial charge in [0.2, 0.25) is 0 Å². The van der Waals surface area contributed by atoms with Crippen LogP contribution in [0, 0.1) is 5.41 Å². The predicted molar refractivity (Wildman–Crippen MR) is 90.6 cm³/mol. The number of hydrogen-bond acceptors (Lipinski definition) is 1. The summed E-state index contributed by atoms with van der Waals surface area (Å²) < 4.78 is 0. The maximum Gasteiger partial charge on any atom is -0.00720 e. The lowest BCUT2D eigenvalue weighted by Crippen LogP contribution is -2.28. The van der Waals surface area contributed by atoms with Crippen LogP contribution in [0.15, 0.2) is 18.2 Å². The molecule has 1 aromatic rings. The SMILES string of the molecule is NCCC1(CCc2ccc3c(c2)CCCC3)CCCCC1. The number of fused-ring (bicyclic) bond motifs is 1. The van der Waals surface area contributed by atoms with Gasteiger partial charge in [-0.2, -0.15) is 0 Å². The van der Waals surface area contributed by atoms with Gasteiger partial charge < -0.3 is 5.73 Å². The van der Waals surface area contributed by atoms with Crippen molar-refractivity contribution in [2.24, 2.45) is 11.1 Å². The monoisotopic (exact) mass is 285 g/mol. The van der Waals surface area contributed by atoms with Gasteiger partial charge in [0.25, 0.3) is 0 Å². The van der Waals surface area contributed by atoms with Gasteiger partial charge in [0.05, 0.1) is 0 Å². The van der Waals surface area contributed by atoms with E-state index >= 15 is 0 Å². The lowest BCUT2D eigenvalue weighted by atomic mass is 9.68. The number of benzene rings is 1. The smallest absolute Gasteiger partial charge is 0.00720 e. The fourth-order valence-corrected chi connectivity index (χ4v) is 4.58. The Morgan fingerprint density at radius 2 is 1.62 bits per heavy atom. The molecule has 0 amide bonds. The highest BCUT2D eigenvalue weighted by molar-refractivity contribution is 5.34. The third-order valence-corrected chi connectivity index (χ3v) is 5.95. The third kappa shape index (κ3) is 3.69. The molecule has 1 aromatic carbocycles. The Morgan fingerprint density at radius 1 is 0.857 bits per heavy atom. The minimum Gasteiger partial charge on any atom is -0.330 e. The molecule has 0 aliphatic heterocycles. The summed E-state index contributed by atoms with van der Waals surface area (Å²) in [7, 11) is 0. The molecule has 0 radical (unpaired) electrons. The highest BCUT2D eigenvalue weighted by Crippen LogP contribution is 2.42. The van der Waals surface area contributed by atoms with Gasteiger partial charge >= 0.3 is 0 Å². The standard InChI is InChI=1S/C20H31N/c21-15-14-20(11-4-1-5-12-20)13-10-17-8-9-18-6-2-3-7-19(18)16-17/h8-9,16H,1-7,10-15,21H2. The summed E-state index contributed by atoms with van der Waals surface area (Å²) >= 11 is 0. The van der Waals surface area contributed by atoms with Crippen molar-refractivity contribution in [2.45, 2.75) is 77.0 Å². The number of nitrogens with two attached hydrogens (primary N) is 1. The molecule has 1 fully saturated rings. The molecule has 0 heterocycles. The van der Waals surface area contributed by atoms with Crippen molar-refractivity contribution < 1.29 is 0 Å². The van der Waals surface area contributed by atoms with Crippen LogP contribution in [-0.4, -0.2) is 6.54 Å². The topological polar surface area (TPSA) is 26.0 Å². The van der Waals surface area contributed by atoms with Crippen molar-refractivity contribution >= 4 is 0 Å². The molecule has 0 atom stereocenters. The molecule has 0 spiro atoms. The Balaban J connectivity index is 1.65. The quantitative estimate of drug-likeness (QED) is 0.826. The second kappa shape index (κ2) is 6.96. The first kappa shape index (κ1) is 15.1. The van der Waals surface area contributed by atoms with E-state index in [0.29, 0.717) is 5.41 Å². The molecular weight excluding hydrogens is 254 g/mol. The Labute approximate surface area is 130 Å². The molecular formula is C20H31N. The third-order valence-electron chi connectivity index (χ3n) is 5.95. The minimum absolute atomic E-state index is 0.558. The first-order valence-corrected chi connectivity index (χ1v) is 9.12. The largest absolute Gasteiger partial charge is 0.330 e. The highest BCUT2D eigenvalue weighted by atomic mass is 14.5. The van der Waals surface area contributed by atoms with Crippen LogP contribution in [-0.2, 0) is 19.3 Å². The maximum atomic E-state index is 5.90. The van der Waals surface area contributed by atoms with E-state index in [1.807, 2.05) is 0 Å². The molecule has 0 bridgehead atoms. The zero-order valence-corrected chi connectivity index (χ0v) is 13.5. The van der Waals surface area contributed by atoms with Crippen LogP contribution >= 0.6 is 0 Å². The van der Waals surface area contributed by atoms with E-state index in [0.717, 1.165) is 6.54 Å². The molecule has 3 rings (SSSR count). The summed E-state index contributed by atoms with van der Waals surface area (Å²) in [6, 6.07) is 7.30. The average molecular weight is 285 g/mol. The molecule has 116 valence electrons. The fraction of sp³-hybridized carbons (Fsp3) is 0.700. The highest BCUT2D eigenvalue weighted by Gasteiger charge is 2.30. The van der Waals surface area contributed by atoms with Crippen LogP contribution < -0.4 is 5.73 Å². The molecule has 21 heavy (non-hydrogen) atoms. The minimum atomic E-state index is 0.558. The molecule has 0 unspecified atom stereocenters. The van der Waals surface area contributed by atoms with Crippen LogP contribution in [0.5, 0.6) is 0 Å². The van der Waals surface area contributed by atoms with E-state index in [9.17, 15) is 0 Å². The number of aryl methyl sites for hydroxylation is 3. The molecule has 0 saturated heterocycles. The van der Waals surface area contributed by atoms with Crippen molar-refractivity contribution in [1.29, 1.82) is 0 Å². The molecule has 1 saturated carbocycles. The lowest BCUT2D eigenvalue weighted by molar-refractivity contribution is 0.161. The zero-order chi connectivity index (χ0) is 14.5. The van der Waals surface area contributed by atoms with E-state index in [4.69, 9.17) is 5.73 Å². The maximum absolute atomic E-state index is 5.90. The van der Waals surface area contributed by atoms with Gasteiger partial charge in [0.15, 0.2) is 0 Å². The lowest BCUT2D eigenvalue weighted by Gasteiger charge is -2.37. The molecule has 1 nitrogen and oxygen atoms in total. The van der Waals surface area contributed by atoms with E-state index < -0.39 is 0 Å². The number of hydrogen-bond donors (Lipinski definition) is 1. The van der Waals surface area contributed by atoms with E-state index in [1.54, 1.807) is 16.7 Å². The van der Waals surface area contributed by atoms with Crippen LogP contribution in [0.3, 0.4) is 0 Å². The molecule has 0 aromatic heterocycles. The second-order valence-corrected chi connectivity index (χ2v) is 7.41. The van der Waals surface area contributed by atoms with Crippen LogP contribution in [0.2, 0.25) is 0 Å². The first-order chi connectivity index (χ1) is 10.3. The molecule has 2 aliphatic rings. The van der Waals surface area contributed by atoms with Crippen LogP contribution in [0.25, 0.3) is 0 Å². The summed E-state index contributed by atoms with van der Waals surface area (Å²) in [4.78, 5) is 0. The van der Waals surface area contributed by atoms with Gasteiger partial charge in [-0.3, -0.25) is 0 Å². The van der Waals surface area contributed by atoms with E-state index in [-0.39, 0.29) is 0 Å². The van der Waals surface area contributed by atoms with Gasteiger partial charge in [-0.1, -0.05) is 37.5 Å². The predicted octanol–water partition coefficient (Wildman–Crippen LogP) is 4.80. The van der Waals surface area contributed by atoms with Gasteiger partial charge in [-0.25, -0.2) is 0 Å². The van der Waals surface area contributed by atoms with Crippen molar-refractivity contribution in [3.05, 3.63) is 34.9 Å². The molecule has 2 aliphatic carbocycles. The number of rotatable bonds is 5. The first-order valence-electron chi connectivity index (χ1n) is 9.12. The van der Waals surface area contributed by atoms with Crippen molar-refractivity contribution in [1.82, 2.24) is 0 Å².